The first-order valence-electron chi connectivity index (χ1n) is 7.66. The monoisotopic (exact) mass is 418 g/mol. The third kappa shape index (κ3) is 7.98. The summed E-state index contributed by atoms with van der Waals surface area (Å²) in [7, 11) is 0. The van der Waals surface area contributed by atoms with E-state index >= 15 is 0 Å². The van der Waals surface area contributed by atoms with E-state index in [1.807, 2.05) is 27.7 Å². The summed E-state index contributed by atoms with van der Waals surface area (Å²) in [6.45, 7) is 10.6. The quantitative estimate of drug-likeness (QED) is 0.680. The Bertz CT molecular complexity index is 469. The summed E-state index contributed by atoms with van der Waals surface area (Å²) in [6.07, 6.45) is 0.499. The van der Waals surface area contributed by atoms with Gasteiger partial charge in [-0.1, -0.05) is 12.1 Å². The number of amides is 1. The standard InChI is InChI=1S/C17H27IN2O2/c1-12(20-16(21)22-17(3,4)5)10-11-19-13(2)14-6-8-15(18)9-7-14/h6-9,12-13,19H,10-11H2,1-5H3,(H,20,21). The van der Waals surface area contributed by atoms with Crippen molar-refractivity contribution in [2.45, 2.75) is 58.7 Å². The summed E-state index contributed by atoms with van der Waals surface area (Å²) >= 11 is 2.30. The molecule has 0 radical (unpaired) electrons. The lowest BCUT2D eigenvalue weighted by Gasteiger charge is -2.22. The van der Waals surface area contributed by atoms with E-state index in [0.29, 0.717) is 6.04 Å². The van der Waals surface area contributed by atoms with Crippen LogP contribution in [-0.2, 0) is 4.74 Å². The molecule has 0 saturated heterocycles. The zero-order valence-corrected chi connectivity index (χ0v) is 16.2. The molecule has 4 nitrogen and oxygen atoms in total. The largest absolute Gasteiger partial charge is 0.444 e. The van der Waals surface area contributed by atoms with Gasteiger partial charge < -0.3 is 15.4 Å². The van der Waals surface area contributed by atoms with Gasteiger partial charge in [0.15, 0.2) is 0 Å². The summed E-state index contributed by atoms with van der Waals surface area (Å²) in [4.78, 5) is 11.7. The second-order valence-electron chi connectivity index (χ2n) is 6.56. The maximum absolute atomic E-state index is 11.7. The van der Waals surface area contributed by atoms with Crippen LogP contribution in [0.4, 0.5) is 4.79 Å². The molecule has 2 unspecified atom stereocenters. The van der Waals surface area contributed by atoms with Crippen LogP contribution < -0.4 is 10.6 Å². The van der Waals surface area contributed by atoms with Gasteiger partial charge in [-0.2, -0.15) is 0 Å². The van der Waals surface area contributed by atoms with Gasteiger partial charge in [0.2, 0.25) is 0 Å². The van der Waals surface area contributed by atoms with Crippen molar-refractivity contribution in [3.8, 4) is 0 Å². The van der Waals surface area contributed by atoms with Crippen molar-refractivity contribution < 1.29 is 9.53 Å². The number of halogens is 1. The highest BCUT2D eigenvalue weighted by Gasteiger charge is 2.17. The number of hydrogen-bond donors (Lipinski definition) is 2. The first-order valence-corrected chi connectivity index (χ1v) is 8.73. The lowest BCUT2D eigenvalue weighted by atomic mass is 10.1. The molecule has 1 aromatic carbocycles. The van der Waals surface area contributed by atoms with E-state index < -0.39 is 5.60 Å². The number of alkyl carbamates (subject to hydrolysis) is 1. The summed E-state index contributed by atoms with van der Waals surface area (Å²) in [5.41, 5.74) is 0.815. The first-order chi connectivity index (χ1) is 10.2. The van der Waals surface area contributed by atoms with Crippen LogP contribution in [-0.4, -0.2) is 24.3 Å². The Morgan fingerprint density at radius 2 is 1.82 bits per heavy atom. The second-order valence-corrected chi connectivity index (χ2v) is 7.81. The SMILES string of the molecule is CC(CCNC(C)c1ccc(I)cc1)NC(=O)OC(C)(C)C. The third-order valence-electron chi connectivity index (χ3n) is 3.16. The number of nitrogens with one attached hydrogen (secondary N) is 2. The molecular weight excluding hydrogens is 391 g/mol. The summed E-state index contributed by atoms with van der Waals surface area (Å²) in [5.74, 6) is 0. The maximum Gasteiger partial charge on any atom is 0.407 e. The third-order valence-corrected chi connectivity index (χ3v) is 3.88. The van der Waals surface area contributed by atoms with Gasteiger partial charge in [-0.15, -0.1) is 0 Å². The Labute approximate surface area is 147 Å². The fourth-order valence-corrected chi connectivity index (χ4v) is 2.33. The van der Waals surface area contributed by atoms with Gasteiger partial charge >= 0.3 is 6.09 Å². The molecule has 1 amide bonds. The maximum atomic E-state index is 11.7. The molecule has 0 aliphatic carbocycles. The van der Waals surface area contributed by atoms with Crippen molar-refractivity contribution in [3.05, 3.63) is 33.4 Å². The zero-order chi connectivity index (χ0) is 16.8. The van der Waals surface area contributed by atoms with Crippen LogP contribution in [0, 0.1) is 3.57 Å². The average Bonchev–Trinajstić information content (AvgIpc) is 2.36. The van der Waals surface area contributed by atoms with Crippen molar-refractivity contribution in [1.82, 2.24) is 10.6 Å². The van der Waals surface area contributed by atoms with Crippen molar-refractivity contribution >= 4 is 28.7 Å². The van der Waals surface area contributed by atoms with Crippen LogP contribution in [0.1, 0.15) is 52.6 Å². The minimum absolute atomic E-state index is 0.0753. The summed E-state index contributed by atoms with van der Waals surface area (Å²) < 4.78 is 6.48. The molecule has 0 fully saturated rings. The molecule has 0 bridgehead atoms. The molecule has 22 heavy (non-hydrogen) atoms. The molecular formula is C17H27IN2O2. The molecule has 124 valence electrons. The smallest absolute Gasteiger partial charge is 0.407 e. The molecule has 1 rings (SSSR count). The van der Waals surface area contributed by atoms with Crippen LogP contribution in [0.15, 0.2) is 24.3 Å². The van der Waals surface area contributed by atoms with Crippen LogP contribution in [0.2, 0.25) is 0 Å². The van der Waals surface area contributed by atoms with Crippen molar-refractivity contribution in [3.63, 3.8) is 0 Å². The van der Waals surface area contributed by atoms with E-state index in [1.165, 1.54) is 9.13 Å². The molecule has 2 N–H and O–H groups in total. The Balaban J connectivity index is 2.28. The fourth-order valence-electron chi connectivity index (χ4n) is 1.97. The predicted octanol–water partition coefficient (Wildman–Crippen LogP) is 4.25. The van der Waals surface area contributed by atoms with Crippen LogP contribution >= 0.6 is 22.6 Å². The molecule has 0 aromatic heterocycles. The Morgan fingerprint density at radius 3 is 2.36 bits per heavy atom. The van der Waals surface area contributed by atoms with Crippen LogP contribution in [0.3, 0.4) is 0 Å². The molecule has 2 atom stereocenters. The second kappa shape index (κ2) is 8.72. The number of carbonyl (C=O) groups is 1. The topological polar surface area (TPSA) is 50.4 Å². The average molecular weight is 418 g/mol. The van der Waals surface area contributed by atoms with E-state index in [9.17, 15) is 4.79 Å². The van der Waals surface area contributed by atoms with Gasteiger partial charge in [-0.05, 0) is 87.9 Å². The Morgan fingerprint density at radius 1 is 1.23 bits per heavy atom. The molecule has 1 aromatic rings. The van der Waals surface area contributed by atoms with Crippen molar-refractivity contribution in [2.24, 2.45) is 0 Å². The van der Waals surface area contributed by atoms with E-state index in [-0.39, 0.29) is 12.1 Å². The molecule has 0 aliphatic rings. The zero-order valence-electron chi connectivity index (χ0n) is 14.1. The first kappa shape index (κ1) is 19.2. The van der Waals surface area contributed by atoms with Crippen LogP contribution in [0.25, 0.3) is 0 Å². The molecule has 0 heterocycles. The fraction of sp³-hybridized carbons (Fsp3) is 0.588. The predicted molar refractivity (Wildman–Crippen MR) is 99.0 cm³/mol. The lowest BCUT2D eigenvalue weighted by Crippen LogP contribution is -2.39. The molecule has 5 heteroatoms. The number of rotatable bonds is 6. The van der Waals surface area contributed by atoms with Gasteiger partial charge in [-0.25, -0.2) is 4.79 Å². The molecule has 0 spiro atoms. The Kier molecular flexibility index (Phi) is 7.62. The number of hydrogen-bond acceptors (Lipinski definition) is 3. The van der Waals surface area contributed by atoms with E-state index in [1.54, 1.807) is 0 Å². The number of ether oxygens (including phenoxy) is 1. The highest BCUT2D eigenvalue weighted by Crippen LogP contribution is 2.14. The van der Waals surface area contributed by atoms with Crippen LogP contribution in [0.5, 0.6) is 0 Å². The summed E-state index contributed by atoms with van der Waals surface area (Å²) in [5, 5.41) is 6.33. The van der Waals surface area contributed by atoms with Crippen molar-refractivity contribution in [2.75, 3.05) is 6.54 Å². The van der Waals surface area contributed by atoms with E-state index in [2.05, 4.69) is 64.4 Å². The molecule has 0 saturated carbocycles. The van der Waals surface area contributed by atoms with Gasteiger partial charge in [0.1, 0.15) is 5.60 Å². The molecule has 0 aliphatic heterocycles. The Hall–Kier alpha value is -0.820. The van der Waals surface area contributed by atoms with Crippen molar-refractivity contribution in [1.29, 1.82) is 0 Å². The van der Waals surface area contributed by atoms with E-state index in [4.69, 9.17) is 4.74 Å². The highest BCUT2D eigenvalue weighted by atomic mass is 127. The van der Waals surface area contributed by atoms with Gasteiger partial charge in [-0.3, -0.25) is 0 Å². The highest BCUT2D eigenvalue weighted by molar-refractivity contribution is 14.1. The normalized spacial score (nSPS) is 14.3. The van der Waals surface area contributed by atoms with Gasteiger partial charge in [0.05, 0.1) is 0 Å². The minimum atomic E-state index is -0.457. The van der Waals surface area contributed by atoms with E-state index in [0.717, 1.165) is 13.0 Å². The minimum Gasteiger partial charge on any atom is -0.444 e. The van der Waals surface area contributed by atoms with Gasteiger partial charge in [0, 0.05) is 15.7 Å². The summed E-state index contributed by atoms with van der Waals surface area (Å²) in [6, 6.07) is 8.88. The lowest BCUT2D eigenvalue weighted by molar-refractivity contribution is 0.0506. The van der Waals surface area contributed by atoms with Gasteiger partial charge in [0.25, 0.3) is 0 Å². The number of carbonyl (C=O) groups excluding carboxylic acids is 1. The number of benzene rings is 1.